The lowest BCUT2D eigenvalue weighted by molar-refractivity contribution is 0.590. The summed E-state index contributed by atoms with van der Waals surface area (Å²) in [5.41, 5.74) is 1.80. The lowest BCUT2D eigenvalue weighted by atomic mass is 10.3. The van der Waals surface area contributed by atoms with Crippen LogP contribution in [0.5, 0.6) is 0 Å². The van der Waals surface area contributed by atoms with E-state index in [9.17, 15) is 8.42 Å². The van der Waals surface area contributed by atoms with Crippen LogP contribution in [0.15, 0.2) is 18.5 Å². The van der Waals surface area contributed by atoms with Crippen molar-refractivity contribution < 1.29 is 8.42 Å². The maximum atomic E-state index is 11.2. The molecule has 0 radical (unpaired) electrons. The highest BCUT2D eigenvalue weighted by molar-refractivity contribution is 7.90. The average Bonchev–Trinajstić information content (AvgIpc) is 2.67. The number of pyridine rings is 1. The molecule has 0 unspecified atom stereocenters. The number of halogens is 1. The Labute approximate surface area is 117 Å². The van der Waals surface area contributed by atoms with E-state index in [1.54, 1.807) is 12.4 Å². The van der Waals surface area contributed by atoms with Crippen LogP contribution in [0, 0.1) is 0 Å². The first-order chi connectivity index (χ1) is 9.01. The van der Waals surface area contributed by atoms with Crippen LogP contribution < -0.4 is 0 Å². The lowest BCUT2D eigenvalue weighted by Gasteiger charge is -2.07. The molecule has 0 amide bonds. The third-order valence-corrected chi connectivity index (χ3v) is 4.06. The zero-order chi connectivity index (χ0) is 13.9. The Morgan fingerprint density at radius 3 is 2.89 bits per heavy atom. The second kappa shape index (κ2) is 5.88. The molecule has 7 heteroatoms. The molecule has 19 heavy (non-hydrogen) atoms. The Morgan fingerprint density at radius 2 is 2.21 bits per heavy atom. The summed E-state index contributed by atoms with van der Waals surface area (Å²) in [6.45, 7) is 0.625. The summed E-state index contributed by atoms with van der Waals surface area (Å²) in [4.78, 5) is 8.53. The average molecular weight is 302 g/mol. The van der Waals surface area contributed by atoms with Crippen LogP contribution in [0.25, 0.3) is 11.0 Å². The number of alkyl halides is 1. The van der Waals surface area contributed by atoms with Crippen LogP contribution in [0.3, 0.4) is 0 Å². The second-order valence-electron chi connectivity index (χ2n) is 4.47. The maximum absolute atomic E-state index is 11.2. The van der Waals surface area contributed by atoms with Crippen molar-refractivity contribution in [2.24, 2.45) is 0 Å². The summed E-state index contributed by atoms with van der Waals surface area (Å²) in [6.07, 6.45) is 5.90. The van der Waals surface area contributed by atoms with E-state index < -0.39 is 9.84 Å². The topological polar surface area (TPSA) is 64.8 Å². The molecule has 2 rings (SSSR count). The lowest BCUT2D eigenvalue weighted by Crippen LogP contribution is -2.10. The summed E-state index contributed by atoms with van der Waals surface area (Å²) < 4.78 is 24.4. The quantitative estimate of drug-likeness (QED) is 0.761. The number of hydrogen-bond donors (Lipinski definition) is 0. The van der Waals surface area contributed by atoms with E-state index in [0.717, 1.165) is 16.9 Å². The summed E-state index contributed by atoms with van der Waals surface area (Å²) in [6, 6.07) is 1.89. The van der Waals surface area contributed by atoms with Gasteiger partial charge in [-0.25, -0.2) is 13.4 Å². The van der Waals surface area contributed by atoms with Gasteiger partial charge >= 0.3 is 0 Å². The molecule has 2 aromatic heterocycles. The first-order valence-corrected chi connectivity index (χ1v) is 8.63. The van der Waals surface area contributed by atoms with Crippen molar-refractivity contribution in [1.82, 2.24) is 14.5 Å². The van der Waals surface area contributed by atoms with E-state index in [-0.39, 0.29) is 5.75 Å². The van der Waals surface area contributed by atoms with E-state index in [2.05, 4.69) is 9.97 Å². The number of aromatic nitrogens is 3. The molecule has 0 atom stereocenters. The van der Waals surface area contributed by atoms with Crippen LogP contribution in [0.2, 0.25) is 0 Å². The Hall–Kier alpha value is -1.14. The highest BCUT2D eigenvalue weighted by Gasteiger charge is 2.11. The zero-order valence-electron chi connectivity index (χ0n) is 10.7. The number of hydrogen-bond acceptors (Lipinski definition) is 4. The summed E-state index contributed by atoms with van der Waals surface area (Å²) in [7, 11) is -2.93. The molecule has 0 saturated carbocycles. The summed E-state index contributed by atoms with van der Waals surface area (Å²) in [5, 5.41) is 0. The smallest absolute Gasteiger partial charge is 0.147 e. The molecule has 0 aromatic carbocycles. The zero-order valence-corrected chi connectivity index (χ0v) is 12.3. The van der Waals surface area contributed by atoms with Crippen LogP contribution >= 0.6 is 11.6 Å². The van der Waals surface area contributed by atoms with Gasteiger partial charge in [0.05, 0.1) is 17.5 Å². The molecule has 0 fully saturated rings. The SMILES string of the molecule is CS(=O)(=O)CCCn1c(CCCl)nc2cnccc21. The molecule has 0 spiro atoms. The number of imidazole rings is 1. The highest BCUT2D eigenvalue weighted by atomic mass is 35.5. The van der Waals surface area contributed by atoms with Gasteiger partial charge in [0.2, 0.25) is 0 Å². The molecule has 0 N–H and O–H groups in total. The third kappa shape index (κ3) is 3.67. The van der Waals surface area contributed by atoms with Crippen LogP contribution in [0.1, 0.15) is 12.2 Å². The van der Waals surface area contributed by atoms with E-state index >= 15 is 0 Å². The fraction of sp³-hybridized carbons (Fsp3) is 0.500. The van der Waals surface area contributed by atoms with Crippen molar-refractivity contribution in [3.05, 3.63) is 24.3 Å². The van der Waals surface area contributed by atoms with Crippen molar-refractivity contribution in [3.63, 3.8) is 0 Å². The van der Waals surface area contributed by atoms with Gasteiger partial charge in [0.1, 0.15) is 21.2 Å². The highest BCUT2D eigenvalue weighted by Crippen LogP contribution is 2.16. The Morgan fingerprint density at radius 1 is 1.42 bits per heavy atom. The van der Waals surface area contributed by atoms with Gasteiger partial charge in [0.15, 0.2) is 0 Å². The van der Waals surface area contributed by atoms with Gasteiger partial charge in [-0.1, -0.05) is 0 Å². The normalized spacial score (nSPS) is 12.1. The molecule has 0 saturated heterocycles. The van der Waals surface area contributed by atoms with E-state index in [0.29, 0.717) is 25.3 Å². The van der Waals surface area contributed by atoms with Gasteiger partial charge in [0.25, 0.3) is 0 Å². The molecule has 0 aliphatic rings. The summed E-state index contributed by atoms with van der Waals surface area (Å²) >= 11 is 5.78. The van der Waals surface area contributed by atoms with Crippen molar-refractivity contribution >= 4 is 32.5 Å². The molecular weight excluding hydrogens is 286 g/mol. The number of nitrogens with zero attached hydrogens (tertiary/aromatic N) is 3. The van der Waals surface area contributed by atoms with E-state index in [1.807, 2.05) is 10.6 Å². The molecule has 0 aliphatic heterocycles. The van der Waals surface area contributed by atoms with Gasteiger partial charge in [-0.05, 0) is 12.5 Å². The Kier molecular flexibility index (Phi) is 4.42. The summed E-state index contributed by atoms with van der Waals surface area (Å²) in [5.74, 6) is 1.55. The van der Waals surface area contributed by atoms with Crippen LogP contribution in [-0.4, -0.2) is 40.8 Å². The largest absolute Gasteiger partial charge is 0.328 e. The minimum atomic E-state index is -2.93. The Bertz CT molecular complexity index is 667. The van der Waals surface area contributed by atoms with Crippen molar-refractivity contribution in [2.45, 2.75) is 19.4 Å². The molecular formula is C12H16ClN3O2S. The first kappa shape index (κ1) is 14.3. The van der Waals surface area contributed by atoms with E-state index in [1.165, 1.54) is 6.26 Å². The van der Waals surface area contributed by atoms with Gasteiger partial charge < -0.3 is 4.57 Å². The van der Waals surface area contributed by atoms with Gasteiger partial charge in [-0.15, -0.1) is 11.6 Å². The number of sulfone groups is 1. The third-order valence-electron chi connectivity index (χ3n) is 2.84. The minimum Gasteiger partial charge on any atom is -0.328 e. The van der Waals surface area contributed by atoms with Crippen LogP contribution in [-0.2, 0) is 22.8 Å². The molecule has 2 heterocycles. The van der Waals surface area contributed by atoms with Gasteiger partial charge in [-0.2, -0.15) is 0 Å². The van der Waals surface area contributed by atoms with Crippen molar-refractivity contribution in [2.75, 3.05) is 17.9 Å². The second-order valence-corrected chi connectivity index (χ2v) is 7.10. The molecule has 0 aliphatic carbocycles. The first-order valence-electron chi connectivity index (χ1n) is 6.04. The number of rotatable bonds is 6. The van der Waals surface area contributed by atoms with Crippen LogP contribution in [0.4, 0.5) is 0 Å². The van der Waals surface area contributed by atoms with Crippen molar-refractivity contribution in [1.29, 1.82) is 0 Å². The maximum Gasteiger partial charge on any atom is 0.147 e. The molecule has 104 valence electrons. The molecule has 5 nitrogen and oxygen atoms in total. The van der Waals surface area contributed by atoms with Crippen molar-refractivity contribution in [3.8, 4) is 0 Å². The monoisotopic (exact) mass is 301 g/mol. The minimum absolute atomic E-state index is 0.179. The molecule has 0 bridgehead atoms. The number of aryl methyl sites for hydroxylation is 2. The van der Waals surface area contributed by atoms with Gasteiger partial charge in [0, 0.05) is 31.3 Å². The Balaban J connectivity index is 2.26. The van der Waals surface area contributed by atoms with E-state index in [4.69, 9.17) is 11.6 Å². The predicted molar refractivity (Wildman–Crippen MR) is 76.3 cm³/mol. The standard InChI is InChI=1S/C12H16ClN3O2S/c1-19(17,18)8-2-7-16-11-4-6-14-9-10(11)15-12(16)3-5-13/h4,6,9H,2-3,5,7-8H2,1H3. The van der Waals surface area contributed by atoms with Gasteiger partial charge in [-0.3, -0.25) is 4.98 Å². The predicted octanol–water partition coefficient (Wildman–Crippen LogP) is 1.65. The fourth-order valence-electron chi connectivity index (χ4n) is 2.04. The molecule has 2 aromatic rings. The fourth-order valence-corrected chi connectivity index (χ4v) is 2.86. The number of fused-ring (bicyclic) bond motifs is 1.